The van der Waals surface area contributed by atoms with Crippen LogP contribution >= 0.6 is 0 Å². The fraction of sp³-hybridized carbons (Fsp3) is 0.615. The molecular weight excluding hydrogens is 294 g/mol. The third-order valence-corrected chi connectivity index (χ3v) is 3.47. The van der Waals surface area contributed by atoms with Gasteiger partial charge >= 0.3 is 5.69 Å². The molecule has 1 saturated heterocycles. The molecule has 1 aromatic heterocycles. The molecule has 0 bridgehead atoms. The van der Waals surface area contributed by atoms with Gasteiger partial charge in [-0.2, -0.15) is 4.98 Å². The number of amides is 1. The molecule has 1 unspecified atom stereocenters. The predicted octanol–water partition coefficient (Wildman–Crippen LogP) is -1.22. The summed E-state index contributed by atoms with van der Waals surface area (Å²) < 4.78 is 11.8. The van der Waals surface area contributed by atoms with Crippen molar-refractivity contribution < 1.29 is 24.5 Å². The van der Waals surface area contributed by atoms with E-state index in [-0.39, 0.29) is 11.7 Å². The topological polar surface area (TPSA) is 123 Å². The van der Waals surface area contributed by atoms with Crippen molar-refractivity contribution in [1.82, 2.24) is 9.55 Å². The zero-order valence-corrected chi connectivity index (χ0v) is 12.5. The highest BCUT2D eigenvalue weighted by Gasteiger charge is 2.45. The molecule has 22 heavy (non-hydrogen) atoms. The maximum atomic E-state index is 12.1. The quantitative estimate of drug-likeness (QED) is 0.636. The maximum Gasteiger partial charge on any atom is 0.351 e. The van der Waals surface area contributed by atoms with E-state index >= 15 is 0 Å². The van der Waals surface area contributed by atoms with Gasteiger partial charge in [0.25, 0.3) is 0 Å². The summed E-state index contributed by atoms with van der Waals surface area (Å²) >= 11 is 0. The van der Waals surface area contributed by atoms with Gasteiger partial charge in [-0.1, -0.05) is 0 Å². The number of rotatable bonds is 4. The second kappa shape index (κ2) is 6.53. The number of aliphatic hydroxyl groups is 2. The number of carbonyl (C=O) groups excluding carboxylic acids is 1. The molecule has 3 N–H and O–H groups in total. The standard InChI is InChI=1S/C13H19N3O6/c1-6-4-16(13(20)15-11(6)14-7(2)18)12-10(21-3)9(19)8(5-17)22-12/h4,8-10,12,17,19H,5H2,1-3H3,(H,14,15,18,20)/t8-,9-,10-,12?/m1/s1. The smallest absolute Gasteiger partial charge is 0.351 e. The Bertz CT molecular complexity index is 616. The van der Waals surface area contributed by atoms with Crippen molar-refractivity contribution in [2.45, 2.75) is 38.4 Å². The summed E-state index contributed by atoms with van der Waals surface area (Å²) in [6, 6.07) is 0. The Kier molecular flexibility index (Phi) is 4.91. The summed E-state index contributed by atoms with van der Waals surface area (Å²) in [5.74, 6) is -0.171. The monoisotopic (exact) mass is 313 g/mol. The molecule has 0 radical (unpaired) electrons. The lowest BCUT2D eigenvalue weighted by atomic mass is 10.1. The van der Waals surface area contributed by atoms with Crippen LogP contribution in [0.5, 0.6) is 0 Å². The first kappa shape index (κ1) is 16.6. The molecule has 0 spiro atoms. The van der Waals surface area contributed by atoms with Crippen LogP contribution in [0.15, 0.2) is 11.0 Å². The highest BCUT2D eigenvalue weighted by molar-refractivity contribution is 5.88. The van der Waals surface area contributed by atoms with Gasteiger partial charge in [0.15, 0.2) is 6.23 Å². The first-order chi connectivity index (χ1) is 10.4. The second-order valence-corrected chi connectivity index (χ2v) is 5.08. The molecule has 9 nitrogen and oxygen atoms in total. The number of carbonyl (C=O) groups is 1. The van der Waals surface area contributed by atoms with Gasteiger partial charge in [-0.15, -0.1) is 0 Å². The minimum Gasteiger partial charge on any atom is -0.394 e. The largest absolute Gasteiger partial charge is 0.394 e. The van der Waals surface area contributed by atoms with Crippen molar-refractivity contribution in [2.75, 3.05) is 19.0 Å². The third kappa shape index (κ3) is 3.02. The first-order valence-corrected chi connectivity index (χ1v) is 6.73. The van der Waals surface area contributed by atoms with Crippen molar-refractivity contribution in [1.29, 1.82) is 0 Å². The van der Waals surface area contributed by atoms with E-state index in [0.29, 0.717) is 5.56 Å². The number of anilines is 1. The van der Waals surface area contributed by atoms with Gasteiger partial charge in [-0.25, -0.2) is 4.79 Å². The molecule has 0 saturated carbocycles. The van der Waals surface area contributed by atoms with Gasteiger partial charge in [0.1, 0.15) is 24.1 Å². The molecule has 0 aromatic carbocycles. The number of nitrogens with one attached hydrogen (secondary N) is 1. The molecule has 1 fully saturated rings. The summed E-state index contributed by atoms with van der Waals surface area (Å²) in [5.41, 5.74) is -0.109. The lowest BCUT2D eigenvalue weighted by Gasteiger charge is -2.21. The highest BCUT2D eigenvalue weighted by Crippen LogP contribution is 2.30. The first-order valence-electron chi connectivity index (χ1n) is 6.73. The van der Waals surface area contributed by atoms with E-state index in [0.717, 1.165) is 0 Å². The highest BCUT2D eigenvalue weighted by atomic mass is 16.6. The van der Waals surface area contributed by atoms with Gasteiger partial charge in [0, 0.05) is 25.8 Å². The molecule has 1 amide bonds. The van der Waals surface area contributed by atoms with Gasteiger partial charge in [-0.3, -0.25) is 9.36 Å². The van der Waals surface area contributed by atoms with Gasteiger partial charge in [0.05, 0.1) is 6.61 Å². The van der Waals surface area contributed by atoms with Gasteiger partial charge in [-0.05, 0) is 6.92 Å². The van der Waals surface area contributed by atoms with Crippen LogP contribution in [0, 0.1) is 6.92 Å². The number of aliphatic hydroxyl groups excluding tert-OH is 2. The lowest BCUT2D eigenvalue weighted by molar-refractivity contribution is -0.114. The van der Waals surface area contributed by atoms with E-state index in [1.165, 1.54) is 24.8 Å². The number of aromatic nitrogens is 2. The molecule has 9 heteroatoms. The van der Waals surface area contributed by atoms with Crippen molar-refractivity contribution in [2.24, 2.45) is 0 Å². The van der Waals surface area contributed by atoms with E-state index in [2.05, 4.69) is 10.3 Å². The molecule has 1 aromatic rings. The van der Waals surface area contributed by atoms with Crippen molar-refractivity contribution in [3.05, 3.63) is 22.2 Å². The molecule has 122 valence electrons. The van der Waals surface area contributed by atoms with Gasteiger partial charge < -0.3 is 25.0 Å². The van der Waals surface area contributed by atoms with E-state index < -0.39 is 36.8 Å². The maximum absolute atomic E-state index is 12.1. The van der Waals surface area contributed by atoms with Crippen molar-refractivity contribution >= 4 is 11.7 Å². The Morgan fingerprint density at radius 2 is 2.27 bits per heavy atom. The molecule has 4 atom stereocenters. The van der Waals surface area contributed by atoms with E-state index in [9.17, 15) is 19.8 Å². The minimum atomic E-state index is -1.07. The number of methoxy groups -OCH3 is 1. The fourth-order valence-electron chi connectivity index (χ4n) is 2.39. The minimum absolute atomic E-state index is 0.167. The Morgan fingerprint density at radius 1 is 1.59 bits per heavy atom. The van der Waals surface area contributed by atoms with Crippen LogP contribution in [-0.4, -0.2) is 57.7 Å². The Hall–Kier alpha value is -1.81. The fourth-order valence-corrected chi connectivity index (χ4v) is 2.39. The van der Waals surface area contributed by atoms with Crippen LogP contribution in [0.2, 0.25) is 0 Å². The number of nitrogens with zero attached hydrogens (tertiary/aromatic N) is 2. The molecule has 0 aliphatic carbocycles. The number of hydrogen-bond acceptors (Lipinski definition) is 7. The van der Waals surface area contributed by atoms with Crippen molar-refractivity contribution in [3.63, 3.8) is 0 Å². The van der Waals surface area contributed by atoms with E-state index in [1.54, 1.807) is 6.92 Å². The van der Waals surface area contributed by atoms with Crippen LogP contribution in [0.4, 0.5) is 5.82 Å². The third-order valence-electron chi connectivity index (χ3n) is 3.47. The zero-order chi connectivity index (χ0) is 16.4. The van der Waals surface area contributed by atoms with E-state index in [1.807, 2.05) is 0 Å². The molecule has 1 aliphatic heterocycles. The summed E-state index contributed by atoms with van der Waals surface area (Å²) in [6.07, 6.45) is -2.19. The lowest BCUT2D eigenvalue weighted by Crippen LogP contribution is -2.37. The van der Waals surface area contributed by atoms with Crippen LogP contribution in [0.25, 0.3) is 0 Å². The van der Waals surface area contributed by atoms with Crippen LogP contribution in [0.3, 0.4) is 0 Å². The number of ether oxygens (including phenoxy) is 2. The SMILES string of the molecule is CO[C@H]1C(n2cc(C)c(NC(C)=O)nc2=O)O[C@H](CO)[C@H]1O. The Morgan fingerprint density at radius 3 is 2.82 bits per heavy atom. The second-order valence-electron chi connectivity index (χ2n) is 5.08. The van der Waals surface area contributed by atoms with Crippen LogP contribution < -0.4 is 11.0 Å². The normalized spacial score (nSPS) is 27.9. The molecule has 1 aliphatic rings. The number of hydrogen-bond donors (Lipinski definition) is 3. The molecule has 2 rings (SSSR count). The average molecular weight is 313 g/mol. The predicted molar refractivity (Wildman–Crippen MR) is 75.3 cm³/mol. The molecular formula is C13H19N3O6. The van der Waals surface area contributed by atoms with Crippen molar-refractivity contribution in [3.8, 4) is 0 Å². The Balaban J connectivity index is 2.38. The Labute approximate surface area is 126 Å². The molecule has 2 heterocycles. The summed E-state index contributed by atoms with van der Waals surface area (Å²) in [7, 11) is 1.38. The summed E-state index contributed by atoms with van der Waals surface area (Å²) in [4.78, 5) is 27.0. The number of aryl methyl sites for hydroxylation is 1. The zero-order valence-electron chi connectivity index (χ0n) is 12.5. The summed E-state index contributed by atoms with van der Waals surface area (Å²) in [5, 5.41) is 21.7. The van der Waals surface area contributed by atoms with Gasteiger partial charge in [0.2, 0.25) is 5.91 Å². The van der Waals surface area contributed by atoms with Crippen LogP contribution in [-0.2, 0) is 14.3 Å². The van der Waals surface area contributed by atoms with E-state index in [4.69, 9.17) is 9.47 Å². The average Bonchev–Trinajstić information content (AvgIpc) is 2.77. The summed E-state index contributed by atoms with van der Waals surface area (Å²) in [6.45, 7) is 2.59. The van der Waals surface area contributed by atoms with Crippen LogP contribution in [0.1, 0.15) is 18.7 Å².